The third-order valence-electron chi connectivity index (χ3n) is 9.02. The first kappa shape index (κ1) is 32.2. The highest BCUT2D eigenvalue weighted by molar-refractivity contribution is 7.13. The van der Waals surface area contributed by atoms with Gasteiger partial charge in [-0.05, 0) is 51.4 Å². The lowest BCUT2D eigenvalue weighted by atomic mass is 9.52. The van der Waals surface area contributed by atoms with E-state index >= 15 is 0 Å². The Kier molecular flexibility index (Phi) is 8.31. The fourth-order valence-electron chi connectivity index (χ4n) is 7.06. The number of aromatic nitrogens is 1. The van der Waals surface area contributed by atoms with Crippen molar-refractivity contribution < 1.29 is 43.7 Å². The van der Waals surface area contributed by atoms with Crippen molar-refractivity contribution in [3.05, 3.63) is 33.8 Å². The number of thiazole rings is 1. The number of phenols is 1. The maximum atomic E-state index is 14.2. The lowest BCUT2D eigenvalue weighted by molar-refractivity contribution is -0.181. The van der Waals surface area contributed by atoms with Crippen molar-refractivity contribution in [2.75, 3.05) is 45.0 Å². The summed E-state index contributed by atoms with van der Waals surface area (Å²) in [6, 6.07) is 0.542. The molecule has 45 heavy (non-hydrogen) atoms. The molecule has 1 aromatic heterocycles. The Balaban J connectivity index is 1.54. The Morgan fingerprint density at radius 1 is 1.18 bits per heavy atom. The van der Waals surface area contributed by atoms with Crippen LogP contribution in [-0.4, -0.2) is 102 Å². The summed E-state index contributed by atoms with van der Waals surface area (Å²) in [5, 5.41) is 28.1. The first-order chi connectivity index (χ1) is 21.1. The molecule has 3 unspecified atom stereocenters. The molecule has 240 valence electrons. The Labute approximate surface area is 262 Å². The van der Waals surface area contributed by atoms with Gasteiger partial charge in [0.15, 0.2) is 45.5 Å². The maximum Gasteiger partial charge on any atom is 0.357 e. The van der Waals surface area contributed by atoms with E-state index in [1.165, 1.54) is 24.4 Å². The molecule has 0 bridgehead atoms. The van der Waals surface area contributed by atoms with Gasteiger partial charge >= 0.3 is 5.97 Å². The number of esters is 1. The zero-order chi connectivity index (χ0) is 33.1. The van der Waals surface area contributed by atoms with Crippen LogP contribution in [0, 0.1) is 23.7 Å². The van der Waals surface area contributed by atoms with Crippen LogP contribution in [0.4, 0.5) is 10.8 Å². The average molecular weight is 642 g/mol. The Bertz CT molecular complexity index is 1640. The van der Waals surface area contributed by atoms with Crippen molar-refractivity contribution in [3.63, 3.8) is 0 Å². The van der Waals surface area contributed by atoms with E-state index in [9.17, 15) is 39.0 Å². The number of likely N-dealkylation sites (N-methyl/N-ethyl adjacent to an activating group) is 1. The van der Waals surface area contributed by atoms with E-state index in [2.05, 4.69) is 10.3 Å². The number of primary amides is 1. The zero-order valence-corrected chi connectivity index (χ0v) is 26.3. The number of hydrogen-bond donors (Lipinski definition) is 4. The van der Waals surface area contributed by atoms with E-state index in [0.29, 0.717) is 21.9 Å². The van der Waals surface area contributed by atoms with Crippen molar-refractivity contribution in [1.29, 1.82) is 0 Å². The van der Waals surface area contributed by atoms with E-state index in [-0.39, 0.29) is 43.0 Å². The molecule has 2 aromatic rings. The highest BCUT2D eigenvalue weighted by atomic mass is 32.1. The first-order valence-electron chi connectivity index (χ1n) is 14.4. The standard InChI is InChI=1S/C30H35N5O9S/c1-6-44-28(42)16-11-45-29(33-16)32-10-13-9-17(34(2)3)14-7-12-8-15-21(35(4)5)24(38)20(27(31)41)26(40)30(15,43)25(39)18(12)23(37)19(14)22(13)36/h9,11-12,15,18,20-21,36,43H,6-8,10H2,1-5H3,(H2,31,41)(H,32,33)/t12-,15-,18?,20?,21?,30-/m0/s1. The van der Waals surface area contributed by atoms with Gasteiger partial charge in [-0.3, -0.25) is 28.9 Å². The number of aliphatic hydroxyl groups is 1. The van der Waals surface area contributed by atoms with Crippen LogP contribution in [0.1, 0.15) is 45.3 Å². The number of amides is 1. The third kappa shape index (κ3) is 4.98. The molecular formula is C30H35N5O9S. The SMILES string of the molecule is CCOC(=O)c1csc(NCc2cc(N(C)C)c3c(c2O)C(=O)C2C(=O)[C@]4(O)C(=O)C(C(N)=O)C(=O)C(N(C)C)[C@@H]4C[C@@H]2C3)n1. The number of anilines is 2. The van der Waals surface area contributed by atoms with E-state index < -0.39 is 70.3 Å². The summed E-state index contributed by atoms with van der Waals surface area (Å²) in [5.74, 6) is -11.6. The second-order valence-corrected chi connectivity index (χ2v) is 12.9. The number of nitrogens with two attached hydrogens (primary N) is 1. The molecule has 5 rings (SSSR count). The van der Waals surface area contributed by atoms with Crippen LogP contribution < -0.4 is 16.0 Å². The molecule has 0 saturated heterocycles. The Morgan fingerprint density at radius 2 is 1.87 bits per heavy atom. The number of phenolic OH excluding ortho intramolecular Hbond substituents is 1. The van der Waals surface area contributed by atoms with E-state index in [1.54, 1.807) is 32.0 Å². The van der Waals surface area contributed by atoms with Gasteiger partial charge in [-0.25, -0.2) is 9.78 Å². The zero-order valence-electron chi connectivity index (χ0n) is 25.4. The molecule has 6 atom stereocenters. The predicted octanol–water partition coefficient (Wildman–Crippen LogP) is 0.178. The minimum Gasteiger partial charge on any atom is -0.507 e. The number of fused-ring (bicyclic) bond motifs is 3. The molecule has 1 amide bonds. The molecule has 2 fully saturated rings. The predicted molar refractivity (Wildman–Crippen MR) is 161 cm³/mol. The summed E-state index contributed by atoms with van der Waals surface area (Å²) >= 11 is 1.15. The smallest absolute Gasteiger partial charge is 0.357 e. The molecule has 0 spiro atoms. The van der Waals surface area contributed by atoms with E-state index in [4.69, 9.17) is 10.5 Å². The summed E-state index contributed by atoms with van der Waals surface area (Å²) in [6.07, 6.45) is 0.115. The fourth-order valence-corrected chi connectivity index (χ4v) is 7.74. The van der Waals surface area contributed by atoms with Gasteiger partial charge in [-0.1, -0.05) is 0 Å². The minimum atomic E-state index is -2.79. The van der Waals surface area contributed by atoms with Crippen LogP contribution in [0.5, 0.6) is 5.75 Å². The summed E-state index contributed by atoms with van der Waals surface area (Å²) in [5.41, 5.74) is 4.02. The van der Waals surface area contributed by atoms with Crippen LogP contribution in [0.15, 0.2) is 11.4 Å². The van der Waals surface area contributed by atoms with Crippen LogP contribution >= 0.6 is 11.3 Å². The number of carbonyl (C=O) groups excluding carboxylic acids is 6. The monoisotopic (exact) mass is 641 g/mol. The summed E-state index contributed by atoms with van der Waals surface area (Å²) in [4.78, 5) is 86.6. The average Bonchev–Trinajstić information content (AvgIpc) is 3.43. The second kappa shape index (κ2) is 11.6. The number of benzene rings is 1. The number of ketones is 4. The van der Waals surface area contributed by atoms with Crippen molar-refractivity contribution in [2.45, 2.75) is 38.0 Å². The molecule has 0 radical (unpaired) electrons. The van der Waals surface area contributed by atoms with Gasteiger partial charge < -0.3 is 30.9 Å². The van der Waals surface area contributed by atoms with Gasteiger partial charge in [0.05, 0.1) is 24.1 Å². The normalized spacial score (nSPS) is 27.5. The Hall–Kier alpha value is -4.21. The third-order valence-corrected chi connectivity index (χ3v) is 9.82. The molecule has 3 aliphatic carbocycles. The molecule has 3 aliphatic rings. The highest BCUT2D eigenvalue weighted by Crippen LogP contribution is 2.52. The number of nitrogens with zero attached hydrogens (tertiary/aromatic N) is 3. The fraction of sp³-hybridized carbons (Fsp3) is 0.500. The maximum absolute atomic E-state index is 14.2. The van der Waals surface area contributed by atoms with Crippen LogP contribution in [0.2, 0.25) is 0 Å². The summed E-state index contributed by atoms with van der Waals surface area (Å²) in [6.45, 7) is 1.88. The van der Waals surface area contributed by atoms with Gasteiger partial charge in [0, 0.05) is 43.2 Å². The van der Waals surface area contributed by atoms with Gasteiger partial charge in [-0.15, -0.1) is 11.3 Å². The van der Waals surface area contributed by atoms with Gasteiger partial charge in [-0.2, -0.15) is 0 Å². The molecule has 2 saturated carbocycles. The van der Waals surface area contributed by atoms with Gasteiger partial charge in [0.2, 0.25) is 5.91 Å². The van der Waals surface area contributed by atoms with Crippen molar-refractivity contribution >= 4 is 57.2 Å². The number of rotatable bonds is 8. The number of hydrogen-bond acceptors (Lipinski definition) is 14. The molecule has 1 heterocycles. The number of carbonyl (C=O) groups is 6. The quantitative estimate of drug-likeness (QED) is 0.224. The summed E-state index contributed by atoms with van der Waals surface area (Å²) < 4.78 is 4.96. The van der Waals surface area contributed by atoms with Gasteiger partial charge in [0.1, 0.15) is 5.75 Å². The van der Waals surface area contributed by atoms with Crippen LogP contribution in [-0.2, 0) is 36.9 Å². The van der Waals surface area contributed by atoms with Crippen LogP contribution in [0.3, 0.4) is 0 Å². The van der Waals surface area contributed by atoms with E-state index in [1.807, 2.05) is 0 Å². The molecule has 0 aliphatic heterocycles. The highest BCUT2D eigenvalue weighted by Gasteiger charge is 2.69. The lowest BCUT2D eigenvalue weighted by Crippen LogP contribution is -2.74. The lowest BCUT2D eigenvalue weighted by Gasteiger charge is -2.52. The molecule has 14 nitrogen and oxygen atoms in total. The number of ether oxygens (including phenoxy) is 1. The van der Waals surface area contributed by atoms with Crippen molar-refractivity contribution in [2.24, 2.45) is 29.4 Å². The van der Waals surface area contributed by atoms with Crippen molar-refractivity contribution in [3.8, 4) is 5.75 Å². The molecule has 1 aromatic carbocycles. The largest absolute Gasteiger partial charge is 0.507 e. The Morgan fingerprint density at radius 3 is 2.47 bits per heavy atom. The molecular weight excluding hydrogens is 606 g/mol. The molecule has 15 heteroatoms. The first-order valence-corrected chi connectivity index (χ1v) is 15.3. The number of nitrogens with one attached hydrogen (secondary N) is 1. The van der Waals surface area contributed by atoms with Crippen molar-refractivity contribution in [1.82, 2.24) is 9.88 Å². The molecule has 5 N–H and O–H groups in total. The number of aromatic hydroxyl groups is 1. The minimum absolute atomic E-state index is 0.00245. The number of Topliss-reactive ketones (excluding diaryl/α,β-unsaturated/α-hetero) is 4. The summed E-state index contributed by atoms with van der Waals surface area (Å²) in [7, 11) is 6.61. The van der Waals surface area contributed by atoms with Crippen LogP contribution in [0.25, 0.3) is 0 Å². The second-order valence-electron chi connectivity index (χ2n) is 12.1. The van der Waals surface area contributed by atoms with Gasteiger partial charge in [0.25, 0.3) is 0 Å². The van der Waals surface area contributed by atoms with E-state index in [0.717, 1.165) is 11.3 Å². The topological polar surface area (TPSA) is 210 Å².